The van der Waals surface area contributed by atoms with Crippen LogP contribution in [-0.2, 0) is 9.47 Å². The topological polar surface area (TPSA) is 50.7 Å². The summed E-state index contributed by atoms with van der Waals surface area (Å²) in [6.07, 6.45) is 9.46. The first-order chi connectivity index (χ1) is 10.3. The van der Waals surface area contributed by atoms with Gasteiger partial charge in [0.1, 0.15) is 0 Å². The molecule has 4 nitrogen and oxygen atoms in total. The second kappa shape index (κ2) is 7.40. The SMILES string of the molecule is OCC1CCCCC1CNC1CCOC2(CCOCC2)C1. The Hall–Kier alpha value is -0.160. The molecular formula is C17H31NO3. The second-order valence-electron chi connectivity index (χ2n) is 7.23. The van der Waals surface area contributed by atoms with Crippen molar-refractivity contribution in [2.24, 2.45) is 11.8 Å². The van der Waals surface area contributed by atoms with Crippen LogP contribution in [0.1, 0.15) is 51.4 Å². The van der Waals surface area contributed by atoms with Gasteiger partial charge in [-0.05, 0) is 56.9 Å². The fraction of sp³-hybridized carbons (Fsp3) is 1.00. The summed E-state index contributed by atoms with van der Waals surface area (Å²) in [4.78, 5) is 0. The van der Waals surface area contributed by atoms with Gasteiger partial charge in [0.15, 0.2) is 0 Å². The van der Waals surface area contributed by atoms with Crippen LogP contribution in [0, 0.1) is 11.8 Å². The van der Waals surface area contributed by atoms with E-state index in [0.717, 1.165) is 52.0 Å². The second-order valence-corrected chi connectivity index (χ2v) is 7.23. The van der Waals surface area contributed by atoms with Crippen molar-refractivity contribution in [3.8, 4) is 0 Å². The van der Waals surface area contributed by atoms with E-state index in [0.29, 0.717) is 24.5 Å². The van der Waals surface area contributed by atoms with Crippen LogP contribution in [0.25, 0.3) is 0 Å². The van der Waals surface area contributed by atoms with E-state index >= 15 is 0 Å². The van der Waals surface area contributed by atoms with E-state index in [1.165, 1.54) is 25.7 Å². The molecule has 1 aliphatic carbocycles. The largest absolute Gasteiger partial charge is 0.396 e. The van der Waals surface area contributed by atoms with E-state index in [1.807, 2.05) is 0 Å². The standard InChI is InChI=1S/C17H31NO3/c19-13-15-4-2-1-3-14(15)12-18-16-5-8-21-17(11-16)6-9-20-10-7-17/h14-16,18-19H,1-13H2. The Balaban J connectivity index is 1.48. The molecule has 0 radical (unpaired) electrons. The smallest absolute Gasteiger partial charge is 0.0741 e. The molecule has 2 aliphatic heterocycles. The van der Waals surface area contributed by atoms with E-state index in [-0.39, 0.29) is 5.60 Å². The summed E-state index contributed by atoms with van der Waals surface area (Å²) in [5.74, 6) is 1.18. The lowest BCUT2D eigenvalue weighted by molar-refractivity contribution is -0.140. The molecule has 122 valence electrons. The number of ether oxygens (including phenoxy) is 2. The highest BCUT2D eigenvalue weighted by molar-refractivity contribution is 4.92. The monoisotopic (exact) mass is 297 g/mol. The first-order valence-electron chi connectivity index (χ1n) is 8.87. The summed E-state index contributed by atoms with van der Waals surface area (Å²) in [5.41, 5.74) is 0.0805. The summed E-state index contributed by atoms with van der Waals surface area (Å²) < 4.78 is 11.6. The van der Waals surface area contributed by atoms with Crippen LogP contribution in [0.3, 0.4) is 0 Å². The third-order valence-corrected chi connectivity index (χ3v) is 5.87. The minimum Gasteiger partial charge on any atom is -0.396 e. The molecule has 0 aromatic rings. The molecule has 1 saturated carbocycles. The first-order valence-corrected chi connectivity index (χ1v) is 8.87. The third-order valence-electron chi connectivity index (χ3n) is 5.87. The number of aliphatic hydroxyl groups is 1. The molecule has 3 fully saturated rings. The summed E-state index contributed by atoms with van der Waals surface area (Å²) >= 11 is 0. The fourth-order valence-corrected chi connectivity index (χ4v) is 4.41. The number of hydrogen-bond donors (Lipinski definition) is 2. The maximum Gasteiger partial charge on any atom is 0.0741 e. The van der Waals surface area contributed by atoms with Gasteiger partial charge in [-0.25, -0.2) is 0 Å². The highest BCUT2D eigenvalue weighted by Crippen LogP contribution is 2.35. The summed E-state index contributed by atoms with van der Waals surface area (Å²) in [7, 11) is 0. The molecule has 2 heterocycles. The van der Waals surface area contributed by atoms with Gasteiger partial charge in [-0.3, -0.25) is 0 Å². The van der Waals surface area contributed by atoms with Crippen LogP contribution in [0.15, 0.2) is 0 Å². The van der Waals surface area contributed by atoms with Crippen LogP contribution >= 0.6 is 0 Å². The summed E-state index contributed by atoms with van der Waals surface area (Å²) in [5, 5.41) is 13.3. The van der Waals surface area contributed by atoms with Crippen molar-refractivity contribution in [1.82, 2.24) is 5.32 Å². The van der Waals surface area contributed by atoms with Gasteiger partial charge < -0.3 is 19.9 Å². The number of rotatable bonds is 4. The molecular weight excluding hydrogens is 266 g/mol. The van der Waals surface area contributed by atoms with Gasteiger partial charge in [0.2, 0.25) is 0 Å². The molecule has 21 heavy (non-hydrogen) atoms. The van der Waals surface area contributed by atoms with Crippen molar-refractivity contribution in [2.75, 3.05) is 33.0 Å². The lowest BCUT2D eigenvalue weighted by Gasteiger charge is -2.44. The lowest BCUT2D eigenvalue weighted by atomic mass is 9.79. The molecule has 2 N–H and O–H groups in total. The molecule has 0 aromatic heterocycles. The minimum absolute atomic E-state index is 0.0805. The third kappa shape index (κ3) is 3.98. The normalized spacial score (nSPS) is 36.7. The zero-order valence-electron chi connectivity index (χ0n) is 13.2. The number of nitrogens with one attached hydrogen (secondary N) is 1. The molecule has 0 amide bonds. The zero-order chi connectivity index (χ0) is 14.5. The number of aliphatic hydroxyl groups excluding tert-OH is 1. The highest BCUT2D eigenvalue weighted by Gasteiger charge is 2.39. The number of hydrogen-bond acceptors (Lipinski definition) is 4. The molecule has 3 unspecified atom stereocenters. The van der Waals surface area contributed by atoms with Crippen molar-refractivity contribution in [3.63, 3.8) is 0 Å². The van der Waals surface area contributed by atoms with Gasteiger partial charge in [0.05, 0.1) is 5.60 Å². The highest BCUT2D eigenvalue weighted by atomic mass is 16.5. The van der Waals surface area contributed by atoms with Crippen LogP contribution < -0.4 is 5.32 Å². The van der Waals surface area contributed by atoms with Crippen molar-refractivity contribution in [3.05, 3.63) is 0 Å². The fourth-order valence-electron chi connectivity index (χ4n) is 4.41. The van der Waals surface area contributed by atoms with Crippen LogP contribution in [0.4, 0.5) is 0 Å². The Morgan fingerprint density at radius 2 is 1.76 bits per heavy atom. The summed E-state index contributed by atoms with van der Waals surface area (Å²) in [6, 6.07) is 0.582. The minimum atomic E-state index is 0.0805. The Morgan fingerprint density at radius 3 is 2.52 bits per heavy atom. The van der Waals surface area contributed by atoms with E-state index in [2.05, 4.69) is 5.32 Å². The van der Waals surface area contributed by atoms with Crippen LogP contribution in [0.5, 0.6) is 0 Å². The van der Waals surface area contributed by atoms with Crippen molar-refractivity contribution in [2.45, 2.75) is 63.0 Å². The summed E-state index contributed by atoms with van der Waals surface area (Å²) in [6.45, 7) is 4.01. The Labute approximate surface area is 128 Å². The molecule has 2 saturated heterocycles. The maximum atomic E-state index is 9.54. The van der Waals surface area contributed by atoms with E-state index in [4.69, 9.17) is 9.47 Å². The van der Waals surface area contributed by atoms with Crippen molar-refractivity contribution < 1.29 is 14.6 Å². The van der Waals surface area contributed by atoms with Crippen molar-refractivity contribution >= 4 is 0 Å². The van der Waals surface area contributed by atoms with Gasteiger partial charge in [0, 0.05) is 32.5 Å². The lowest BCUT2D eigenvalue weighted by Crippen LogP contribution is -2.51. The molecule has 3 aliphatic rings. The Bertz CT molecular complexity index is 312. The molecule has 0 aromatic carbocycles. The van der Waals surface area contributed by atoms with Gasteiger partial charge >= 0.3 is 0 Å². The van der Waals surface area contributed by atoms with E-state index < -0.39 is 0 Å². The Kier molecular flexibility index (Phi) is 5.54. The maximum absolute atomic E-state index is 9.54. The predicted molar refractivity (Wildman–Crippen MR) is 82.3 cm³/mol. The first kappa shape index (κ1) is 15.7. The molecule has 4 heteroatoms. The Morgan fingerprint density at radius 1 is 1.00 bits per heavy atom. The van der Waals surface area contributed by atoms with E-state index in [9.17, 15) is 5.11 Å². The van der Waals surface area contributed by atoms with Gasteiger partial charge in [-0.1, -0.05) is 12.8 Å². The average Bonchev–Trinajstić information content (AvgIpc) is 2.54. The van der Waals surface area contributed by atoms with Gasteiger partial charge in [-0.15, -0.1) is 0 Å². The molecule has 3 atom stereocenters. The van der Waals surface area contributed by atoms with Crippen molar-refractivity contribution in [1.29, 1.82) is 0 Å². The predicted octanol–water partition coefficient (Wildman–Crippen LogP) is 2.10. The molecule has 0 bridgehead atoms. The molecule has 3 rings (SSSR count). The average molecular weight is 297 g/mol. The van der Waals surface area contributed by atoms with E-state index in [1.54, 1.807) is 0 Å². The van der Waals surface area contributed by atoms with Crippen LogP contribution in [-0.4, -0.2) is 49.7 Å². The zero-order valence-corrected chi connectivity index (χ0v) is 13.2. The quantitative estimate of drug-likeness (QED) is 0.834. The van der Waals surface area contributed by atoms with Gasteiger partial charge in [-0.2, -0.15) is 0 Å². The van der Waals surface area contributed by atoms with Crippen LogP contribution in [0.2, 0.25) is 0 Å². The molecule has 1 spiro atoms. The van der Waals surface area contributed by atoms with Gasteiger partial charge in [0.25, 0.3) is 0 Å².